The second-order valence-corrected chi connectivity index (χ2v) is 8.63. The average Bonchev–Trinajstić information content (AvgIpc) is 2.61. The van der Waals surface area contributed by atoms with Gasteiger partial charge in [-0.05, 0) is 24.5 Å². The summed E-state index contributed by atoms with van der Waals surface area (Å²) >= 11 is 1.08. The molecule has 3 N–H and O–H groups in total. The van der Waals surface area contributed by atoms with Crippen LogP contribution in [-0.4, -0.2) is 14.3 Å². The van der Waals surface area contributed by atoms with Crippen LogP contribution in [0.3, 0.4) is 0 Å². The molecule has 0 radical (unpaired) electrons. The average molecular weight is 304 g/mol. The standard InChI is InChI=1S/C12H20N2O3S2/c1-8(14-10(15)7-12(2,3)4)9-5-6-11(18-9)19(13,16)17/h5-6,8H,7H2,1-4H3,(H,14,15)(H2,13,16,17). The maximum Gasteiger partial charge on any atom is 0.247 e. The van der Waals surface area contributed by atoms with Crippen molar-refractivity contribution in [1.82, 2.24) is 5.32 Å². The van der Waals surface area contributed by atoms with E-state index in [1.165, 1.54) is 6.07 Å². The number of rotatable bonds is 4. The minimum Gasteiger partial charge on any atom is -0.349 e. The van der Waals surface area contributed by atoms with Crippen molar-refractivity contribution in [2.45, 2.75) is 44.4 Å². The molecule has 108 valence electrons. The number of carbonyl (C=O) groups excluding carboxylic acids is 1. The first-order chi connectivity index (χ1) is 8.49. The van der Waals surface area contributed by atoms with Gasteiger partial charge in [-0.1, -0.05) is 20.8 Å². The van der Waals surface area contributed by atoms with E-state index >= 15 is 0 Å². The van der Waals surface area contributed by atoms with Crippen molar-refractivity contribution < 1.29 is 13.2 Å². The third-order valence-electron chi connectivity index (χ3n) is 2.38. The topological polar surface area (TPSA) is 89.3 Å². The highest BCUT2D eigenvalue weighted by atomic mass is 32.2. The van der Waals surface area contributed by atoms with Gasteiger partial charge in [0.05, 0.1) is 6.04 Å². The molecule has 1 unspecified atom stereocenters. The zero-order valence-corrected chi connectivity index (χ0v) is 13.2. The summed E-state index contributed by atoms with van der Waals surface area (Å²) in [5.74, 6) is -0.0504. The Morgan fingerprint density at radius 3 is 2.42 bits per heavy atom. The zero-order chi connectivity index (χ0) is 14.8. The molecule has 0 bridgehead atoms. The Kier molecular flexibility index (Phi) is 4.76. The van der Waals surface area contributed by atoms with E-state index in [1.54, 1.807) is 6.07 Å². The number of nitrogens with one attached hydrogen (secondary N) is 1. The molecule has 1 heterocycles. The lowest BCUT2D eigenvalue weighted by atomic mass is 9.92. The number of hydrogen-bond acceptors (Lipinski definition) is 4. The highest BCUT2D eigenvalue weighted by molar-refractivity contribution is 7.91. The normalized spacial score (nSPS) is 14.2. The predicted octanol–water partition coefficient (Wildman–Crippen LogP) is 2.01. The summed E-state index contributed by atoms with van der Waals surface area (Å²) in [5.41, 5.74) is -0.0784. The number of primary sulfonamides is 1. The summed E-state index contributed by atoms with van der Waals surface area (Å²) in [6, 6.07) is 2.91. The Bertz CT molecular complexity index is 556. The van der Waals surface area contributed by atoms with Gasteiger partial charge in [0.15, 0.2) is 0 Å². The second kappa shape index (κ2) is 5.60. The van der Waals surface area contributed by atoms with Crippen molar-refractivity contribution in [2.24, 2.45) is 10.6 Å². The quantitative estimate of drug-likeness (QED) is 0.891. The van der Waals surface area contributed by atoms with E-state index < -0.39 is 10.0 Å². The second-order valence-electron chi connectivity index (χ2n) is 5.73. The Labute approximate surface area is 118 Å². The molecule has 1 aromatic heterocycles. The Balaban J connectivity index is 2.72. The number of hydrogen-bond donors (Lipinski definition) is 2. The molecule has 0 aromatic carbocycles. The molecule has 7 heteroatoms. The fourth-order valence-corrected chi connectivity index (χ4v) is 3.32. The van der Waals surface area contributed by atoms with Crippen LogP contribution in [0, 0.1) is 5.41 Å². The first kappa shape index (κ1) is 16.1. The number of carbonyl (C=O) groups is 1. The number of sulfonamides is 1. The molecule has 0 aliphatic heterocycles. The fraction of sp³-hybridized carbons (Fsp3) is 0.583. The predicted molar refractivity (Wildman–Crippen MR) is 76.3 cm³/mol. The van der Waals surface area contributed by atoms with Crippen LogP contribution in [0.1, 0.15) is 45.0 Å². The molecular formula is C12H20N2O3S2. The molecule has 0 aliphatic carbocycles. The SMILES string of the molecule is CC(NC(=O)CC(C)(C)C)c1ccc(S(N)(=O)=O)s1. The van der Waals surface area contributed by atoms with E-state index in [0.717, 1.165) is 16.2 Å². The highest BCUT2D eigenvalue weighted by Crippen LogP contribution is 2.26. The molecule has 0 aliphatic rings. The van der Waals surface area contributed by atoms with Crippen molar-refractivity contribution in [3.63, 3.8) is 0 Å². The van der Waals surface area contributed by atoms with Crippen molar-refractivity contribution >= 4 is 27.3 Å². The molecule has 0 fully saturated rings. The van der Waals surface area contributed by atoms with Crippen LogP contribution in [0.2, 0.25) is 0 Å². The molecule has 1 aromatic rings. The molecule has 19 heavy (non-hydrogen) atoms. The lowest BCUT2D eigenvalue weighted by Crippen LogP contribution is -2.29. The van der Waals surface area contributed by atoms with Gasteiger partial charge in [0.2, 0.25) is 15.9 Å². The van der Waals surface area contributed by atoms with Gasteiger partial charge in [0.25, 0.3) is 0 Å². The third-order valence-corrected chi connectivity index (χ3v) is 5.08. The van der Waals surface area contributed by atoms with E-state index in [2.05, 4.69) is 5.32 Å². The molecule has 0 spiro atoms. The van der Waals surface area contributed by atoms with Crippen LogP contribution in [0.25, 0.3) is 0 Å². The van der Waals surface area contributed by atoms with Crippen molar-refractivity contribution in [1.29, 1.82) is 0 Å². The van der Waals surface area contributed by atoms with E-state index in [0.29, 0.717) is 6.42 Å². The minimum absolute atomic E-state index is 0.0504. The summed E-state index contributed by atoms with van der Waals surface area (Å²) in [5, 5.41) is 7.90. The summed E-state index contributed by atoms with van der Waals surface area (Å²) in [7, 11) is -3.67. The van der Waals surface area contributed by atoms with Gasteiger partial charge in [-0.15, -0.1) is 11.3 Å². The Morgan fingerprint density at radius 1 is 1.42 bits per heavy atom. The van der Waals surface area contributed by atoms with Crippen LogP contribution < -0.4 is 10.5 Å². The first-order valence-corrected chi connectivity index (χ1v) is 8.27. The smallest absolute Gasteiger partial charge is 0.247 e. The Hall–Kier alpha value is -0.920. The molecule has 5 nitrogen and oxygen atoms in total. The molecular weight excluding hydrogens is 284 g/mol. The number of nitrogens with two attached hydrogens (primary N) is 1. The molecule has 0 saturated carbocycles. The summed E-state index contributed by atoms with van der Waals surface area (Å²) in [6.45, 7) is 7.78. The molecule has 1 rings (SSSR count). The van der Waals surface area contributed by atoms with Gasteiger partial charge in [0, 0.05) is 11.3 Å². The largest absolute Gasteiger partial charge is 0.349 e. The molecule has 1 atom stereocenters. The number of amides is 1. The third kappa shape index (κ3) is 5.30. The van der Waals surface area contributed by atoms with Crippen LogP contribution in [-0.2, 0) is 14.8 Å². The zero-order valence-electron chi connectivity index (χ0n) is 11.6. The monoisotopic (exact) mass is 304 g/mol. The fourth-order valence-electron chi connectivity index (χ4n) is 1.57. The van der Waals surface area contributed by atoms with Gasteiger partial charge in [-0.3, -0.25) is 4.79 Å². The summed E-state index contributed by atoms with van der Waals surface area (Å²) in [4.78, 5) is 12.6. The maximum absolute atomic E-state index is 11.8. The van der Waals surface area contributed by atoms with Gasteiger partial charge in [-0.2, -0.15) is 0 Å². The minimum atomic E-state index is -3.67. The lowest BCUT2D eigenvalue weighted by molar-refractivity contribution is -0.123. The van der Waals surface area contributed by atoms with E-state index in [9.17, 15) is 13.2 Å². The van der Waals surface area contributed by atoms with Crippen LogP contribution in [0.4, 0.5) is 0 Å². The molecule has 1 amide bonds. The van der Waals surface area contributed by atoms with Crippen molar-refractivity contribution in [3.8, 4) is 0 Å². The van der Waals surface area contributed by atoms with E-state index in [1.807, 2.05) is 27.7 Å². The maximum atomic E-state index is 11.8. The van der Waals surface area contributed by atoms with E-state index in [4.69, 9.17) is 5.14 Å². The van der Waals surface area contributed by atoms with Crippen molar-refractivity contribution in [2.75, 3.05) is 0 Å². The van der Waals surface area contributed by atoms with Crippen LogP contribution >= 0.6 is 11.3 Å². The Morgan fingerprint density at radius 2 is 2.00 bits per heavy atom. The summed E-state index contributed by atoms with van der Waals surface area (Å²) in [6.07, 6.45) is 0.421. The lowest BCUT2D eigenvalue weighted by Gasteiger charge is -2.19. The van der Waals surface area contributed by atoms with Gasteiger partial charge in [-0.25, -0.2) is 13.6 Å². The van der Waals surface area contributed by atoms with Crippen LogP contribution in [0.5, 0.6) is 0 Å². The van der Waals surface area contributed by atoms with Crippen LogP contribution in [0.15, 0.2) is 16.3 Å². The first-order valence-electron chi connectivity index (χ1n) is 5.91. The van der Waals surface area contributed by atoms with Crippen molar-refractivity contribution in [3.05, 3.63) is 17.0 Å². The van der Waals surface area contributed by atoms with Gasteiger partial charge >= 0.3 is 0 Å². The number of thiophene rings is 1. The van der Waals surface area contributed by atoms with Gasteiger partial charge < -0.3 is 5.32 Å². The van der Waals surface area contributed by atoms with E-state index in [-0.39, 0.29) is 21.6 Å². The highest BCUT2D eigenvalue weighted by Gasteiger charge is 2.19. The molecule has 0 saturated heterocycles. The summed E-state index contributed by atoms with van der Waals surface area (Å²) < 4.78 is 22.5. The van der Waals surface area contributed by atoms with Gasteiger partial charge in [0.1, 0.15) is 4.21 Å².